The number of benzene rings is 2. The normalized spacial score (nSPS) is 15.3. The first-order valence-corrected chi connectivity index (χ1v) is 12.4. The second-order valence-corrected chi connectivity index (χ2v) is 10.0. The molecule has 0 aliphatic carbocycles. The number of nitrogens with one attached hydrogen (secondary N) is 1. The predicted octanol–water partition coefficient (Wildman–Crippen LogP) is 2.75. The van der Waals surface area contributed by atoms with Gasteiger partial charge in [0.15, 0.2) is 9.84 Å². The molecule has 5 rings (SSSR count). The molecule has 1 fully saturated rings. The van der Waals surface area contributed by atoms with Crippen LogP contribution in [0.4, 0.5) is 5.82 Å². The van der Waals surface area contributed by atoms with E-state index < -0.39 is 9.84 Å². The number of piperazine rings is 1. The minimum Gasteiger partial charge on any atom is -0.353 e. The van der Waals surface area contributed by atoms with E-state index in [4.69, 9.17) is 0 Å². The molecule has 1 saturated heterocycles. The summed E-state index contributed by atoms with van der Waals surface area (Å²) in [6, 6.07) is 15.3. The second kappa shape index (κ2) is 8.33. The van der Waals surface area contributed by atoms with Gasteiger partial charge in [-0.05, 0) is 29.8 Å². The van der Waals surface area contributed by atoms with E-state index in [1.165, 1.54) is 6.26 Å². The molecule has 0 bridgehead atoms. The summed E-state index contributed by atoms with van der Waals surface area (Å²) in [5, 5.41) is 8.06. The fourth-order valence-electron chi connectivity index (χ4n) is 4.23. The number of hydrogen-bond donors (Lipinski definition) is 1. The van der Waals surface area contributed by atoms with Gasteiger partial charge in [-0.3, -0.25) is 10.00 Å². The molecule has 164 valence electrons. The van der Waals surface area contributed by atoms with Gasteiger partial charge >= 0.3 is 0 Å². The zero-order valence-electron chi connectivity index (χ0n) is 17.8. The molecule has 0 atom stereocenters. The topological polar surface area (TPSA) is 95.1 Å². The summed E-state index contributed by atoms with van der Waals surface area (Å²) in [7, 11) is -3.25. The van der Waals surface area contributed by atoms with E-state index in [1.54, 1.807) is 24.7 Å². The van der Waals surface area contributed by atoms with Gasteiger partial charge in [-0.2, -0.15) is 5.10 Å². The van der Waals surface area contributed by atoms with Crippen LogP contribution in [-0.2, 0) is 16.4 Å². The van der Waals surface area contributed by atoms with Gasteiger partial charge in [-0.15, -0.1) is 0 Å². The van der Waals surface area contributed by atoms with Crippen LogP contribution < -0.4 is 4.90 Å². The Morgan fingerprint density at radius 1 is 1.00 bits per heavy atom. The fourth-order valence-corrected chi connectivity index (χ4v) is 5.17. The monoisotopic (exact) mass is 448 g/mol. The zero-order valence-corrected chi connectivity index (χ0v) is 18.6. The predicted molar refractivity (Wildman–Crippen MR) is 124 cm³/mol. The summed E-state index contributed by atoms with van der Waals surface area (Å²) in [4.78, 5) is 14.0. The van der Waals surface area contributed by atoms with Crippen LogP contribution in [0.1, 0.15) is 5.56 Å². The quantitative estimate of drug-likeness (QED) is 0.502. The van der Waals surface area contributed by atoms with E-state index in [-0.39, 0.29) is 0 Å². The minimum atomic E-state index is -3.25. The highest BCUT2D eigenvalue weighted by molar-refractivity contribution is 7.90. The van der Waals surface area contributed by atoms with Crippen molar-refractivity contribution < 1.29 is 8.42 Å². The van der Waals surface area contributed by atoms with Gasteiger partial charge in [0.05, 0.1) is 16.1 Å². The summed E-state index contributed by atoms with van der Waals surface area (Å²) in [6.07, 6.45) is 4.62. The lowest BCUT2D eigenvalue weighted by atomic mass is 10.1. The van der Waals surface area contributed by atoms with E-state index in [0.29, 0.717) is 11.4 Å². The lowest BCUT2D eigenvalue weighted by Gasteiger charge is -2.36. The molecule has 0 saturated carbocycles. The molecule has 1 aliphatic heterocycles. The first-order chi connectivity index (χ1) is 15.5. The highest BCUT2D eigenvalue weighted by Crippen LogP contribution is 2.28. The summed E-state index contributed by atoms with van der Waals surface area (Å²) in [6.45, 7) is 3.88. The molecule has 1 aliphatic rings. The van der Waals surface area contributed by atoms with Crippen molar-refractivity contribution in [3.63, 3.8) is 0 Å². The number of hydrogen-bond acceptors (Lipinski definition) is 7. The second-order valence-electron chi connectivity index (χ2n) is 8.04. The number of sulfone groups is 1. The van der Waals surface area contributed by atoms with Gasteiger partial charge in [0.25, 0.3) is 0 Å². The third kappa shape index (κ3) is 4.09. The summed E-state index contributed by atoms with van der Waals surface area (Å²) in [5.41, 5.74) is 3.75. The lowest BCUT2D eigenvalue weighted by Crippen LogP contribution is -2.46. The maximum absolute atomic E-state index is 12.1. The molecule has 4 aromatic rings. The Balaban J connectivity index is 1.35. The van der Waals surface area contributed by atoms with Crippen LogP contribution in [0.2, 0.25) is 0 Å². The Hall–Kier alpha value is -3.30. The molecule has 0 spiro atoms. The van der Waals surface area contributed by atoms with Gasteiger partial charge in [0, 0.05) is 56.1 Å². The molecule has 3 heterocycles. The van der Waals surface area contributed by atoms with Crippen LogP contribution in [0.3, 0.4) is 0 Å². The van der Waals surface area contributed by atoms with E-state index >= 15 is 0 Å². The molecule has 32 heavy (non-hydrogen) atoms. The van der Waals surface area contributed by atoms with Crippen molar-refractivity contribution >= 4 is 26.6 Å². The smallest absolute Gasteiger partial charge is 0.175 e. The number of H-pyrrole nitrogens is 1. The lowest BCUT2D eigenvalue weighted by molar-refractivity contribution is 0.247. The molecule has 2 aromatic heterocycles. The van der Waals surface area contributed by atoms with Crippen molar-refractivity contribution in [3.05, 3.63) is 66.6 Å². The molecule has 0 unspecified atom stereocenters. The zero-order chi connectivity index (χ0) is 22.1. The molecular formula is C23H24N6O2S. The number of aromatic nitrogens is 4. The third-order valence-corrected chi connectivity index (χ3v) is 7.06. The summed E-state index contributed by atoms with van der Waals surface area (Å²) < 4.78 is 24.2. The van der Waals surface area contributed by atoms with Crippen molar-refractivity contribution in [2.75, 3.05) is 37.3 Å². The SMILES string of the molecule is CS(=O)(=O)c1ccccc1CN1CCN(c2ncnc3ccc(-c4ccn[nH]4)cc23)CC1. The van der Waals surface area contributed by atoms with Crippen molar-refractivity contribution in [1.29, 1.82) is 0 Å². The van der Waals surface area contributed by atoms with E-state index in [0.717, 1.165) is 59.7 Å². The van der Waals surface area contributed by atoms with Crippen molar-refractivity contribution in [2.45, 2.75) is 11.4 Å². The minimum absolute atomic E-state index is 0.413. The average molecular weight is 449 g/mol. The molecule has 8 nitrogen and oxygen atoms in total. The van der Waals surface area contributed by atoms with Crippen LogP contribution >= 0.6 is 0 Å². The molecule has 9 heteroatoms. The van der Waals surface area contributed by atoms with Gasteiger partial charge in [0.2, 0.25) is 0 Å². The van der Waals surface area contributed by atoms with Gasteiger partial charge in [-0.1, -0.05) is 24.3 Å². The Bertz CT molecular complexity index is 1350. The summed E-state index contributed by atoms with van der Waals surface area (Å²) >= 11 is 0. The van der Waals surface area contributed by atoms with E-state index in [1.807, 2.05) is 30.3 Å². The van der Waals surface area contributed by atoms with Gasteiger partial charge < -0.3 is 4.90 Å². The van der Waals surface area contributed by atoms with Crippen LogP contribution in [0, 0.1) is 0 Å². The van der Waals surface area contributed by atoms with Gasteiger partial charge in [0.1, 0.15) is 12.1 Å². The maximum atomic E-state index is 12.1. The Morgan fingerprint density at radius 3 is 2.56 bits per heavy atom. The Kier molecular flexibility index (Phi) is 5.36. The molecule has 1 N–H and O–H groups in total. The van der Waals surface area contributed by atoms with Gasteiger partial charge in [-0.25, -0.2) is 18.4 Å². The highest BCUT2D eigenvalue weighted by Gasteiger charge is 2.22. The Labute approximate surface area is 186 Å². The standard InChI is InChI=1S/C23H24N6O2S/c1-32(30,31)22-5-3-2-4-18(22)15-28-10-12-29(13-11-28)23-19-14-17(20-8-9-26-27-20)6-7-21(19)24-16-25-23/h2-9,14,16H,10-13,15H2,1H3,(H,26,27). The van der Waals surface area contributed by atoms with Crippen LogP contribution in [0.25, 0.3) is 22.2 Å². The first kappa shape index (κ1) is 20.6. The molecule has 0 radical (unpaired) electrons. The molecule has 2 aromatic carbocycles. The largest absolute Gasteiger partial charge is 0.353 e. The van der Waals surface area contributed by atoms with Crippen LogP contribution in [-0.4, -0.2) is 65.9 Å². The number of rotatable bonds is 5. The average Bonchev–Trinajstić information content (AvgIpc) is 3.34. The number of anilines is 1. The third-order valence-electron chi connectivity index (χ3n) is 5.86. The number of aromatic amines is 1. The molecule has 0 amide bonds. The van der Waals surface area contributed by atoms with Crippen molar-refractivity contribution in [2.24, 2.45) is 0 Å². The van der Waals surface area contributed by atoms with Crippen molar-refractivity contribution in [3.8, 4) is 11.3 Å². The summed E-state index contributed by atoms with van der Waals surface area (Å²) in [5.74, 6) is 0.924. The first-order valence-electron chi connectivity index (χ1n) is 10.5. The number of fused-ring (bicyclic) bond motifs is 1. The van der Waals surface area contributed by atoms with Crippen molar-refractivity contribution in [1.82, 2.24) is 25.1 Å². The molecular weight excluding hydrogens is 424 g/mol. The fraction of sp³-hybridized carbons (Fsp3) is 0.261. The highest BCUT2D eigenvalue weighted by atomic mass is 32.2. The maximum Gasteiger partial charge on any atom is 0.175 e. The van der Waals surface area contributed by atoms with Crippen LogP contribution in [0.5, 0.6) is 0 Å². The Morgan fingerprint density at radius 2 is 1.81 bits per heavy atom. The van der Waals surface area contributed by atoms with E-state index in [9.17, 15) is 8.42 Å². The number of nitrogens with zero attached hydrogens (tertiary/aromatic N) is 5. The van der Waals surface area contributed by atoms with Crippen LogP contribution in [0.15, 0.2) is 66.0 Å². The van der Waals surface area contributed by atoms with E-state index in [2.05, 4.69) is 36.0 Å².